The van der Waals surface area contributed by atoms with Gasteiger partial charge in [-0.15, -0.1) is 0 Å². The Balaban J connectivity index is 2.13. The maximum absolute atomic E-state index is 13.5. The molecule has 8 heteroatoms. The van der Waals surface area contributed by atoms with Crippen LogP contribution < -0.4 is 9.62 Å². The first kappa shape index (κ1) is 21.8. The predicted octanol–water partition coefficient (Wildman–Crippen LogP) is 2.32. The number of likely N-dealkylation sites (N-methyl/N-ethyl adjacent to an activating group) is 1. The summed E-state index contributed by atoms with van der Waals surface area (Å²) < 4.78 is 39.1. The van der Waals surface area contributed by atoms with E-state index in [2.05, 4.69) is 5.32 Å². The van der Waals surface area contributed by atoms with E-state index in [0.29, 0.717) is 5.69 Å². The monoisotopic (exact) mass is 407 g/mol. The van der Waals surface area contributed by atoms with Crippen LogP contribution >= 0.6 is 0 Å². The summed E-state index contributed by atoms with van der Waals surface area (Å²) in [5, 5.41) is 2.76. The third-order valence-corrected chi connectivity index (χ3v) is 5.55. The molecule has 28 heavy (non-hydrogen) atoms. The quantitative estimate of drug-likeness (QED) is 0.729. The Hall–Kier alpha value is -2.45. The second kappa shape index (κ2) is 9.16. The van der Waals surface area contributed by atoms with Crippen molar-refractivity contribution < 1.29 is 17.6 Å². The van der Waals surface area contributed by atoms with E-state index in [1.807, 2.05) is 19.0 Å². The molecule has 152 valence electrons. The van der Waals surface area contributed by atoms with Gasteiger partial charge in [-0.25, -0.2) is 12.8 Å². The molecule has 1 unspecified atom stereocenters. The standard InChI is InChI=1S/C20H26FN3O3S/c1-15-8-5-6-11-18(15)24(28(4,26)27)14-20(25)22-13-19(23(2)3)16-9-7-10-17(21)12-16/h5-12,19H,13-14H2,1-4H3,(H,22,25). The second-order valence-corrected chi connectivity index (χ2v) is 8.80. The molecule has 0 heterocycles. The van der Waals surface area contributed by atoms with E-state index in [9.17, 15) is 17.6 Å². The van der Waals surface area contributed by atoms with Crippen LogP contribution in [0.25, 0.3) is 0 Å². The highest BCUT2D eigenvalue weighted by Crippen LogP contribution is 2.22. The highest BCUT2D eigenvalue weighted by molar-refractivity contribution is 7.92. The fourth-order valence-electron chi connectivity index (χ4n) is 2.93. The molecule has 6 nitrogen and oxygen atoms in total. The van der Waals surface area contributed by atoms with Crippen LogP contribution in [0.5, 0.6) is 0 Å². The number of hydrogen-bond acceptors (Lipinski definition) is 4. The van der Waals surface area contributed by atoms with E-state index in [0.717, 1.165) is 21.7 Å². The summed E-state index contributed by atoms with van der Waals surface area (Å²) in [7, 11) is 0.0267. The van der Waals surface area contributed by atoms with Crippen molar-refractivity contribution in [2.24, 2.45) is 0 Å². The van der Waals surface area contributed by atoms with E-state index in [1.54, 1.807) is 43.3 Å². The number of sulfonamides is 1. The fraction of sp³-hybridized carbons (Fsp3) is 0.350. The number of hydrogen-bond donors (Lipinski definition) is 1. The molecule has 1 N–H and O–H groups in total. The number of anilines is 1. The van der Waals surface area contributed by atoms with Crippen LogP contribution in [0.4, 0.5) is 10.1 Å². The Morgan fingerprint density at radius 3 is 2.39 bits per heavy atom. The molecule has 0 aliphatic rings. The minimum Gasteiger partial charge on any atom is -0.353 e. The van der Waals surface area contributed by atoms with Gasteiger partial charge in [0.05, 0.1) is 18.0 Å². The van der Waals surface area contributed by atoms with Crippen molar-refractivity contribution in [1.82, 2.24) is 10.2 Å². The summed E-state index contributed by atoms with van der Waals surface area (Å²) in [5.41, 5.74) is 1.95. The molecular weight excluding hydrogens is 381 g/mol. The number of carbonyl (C=O) groups is 1. The van der Waals surface area contributed by atoms with Crippen molar-refractivity contribution in [3.8, 4) is 0 Å². The molecule has 0 saturated heterocycles. The largest absolute Gasteiger partial charge is 0.353 e. The molecule has 0 bridgehead atoms. The summed E-state index contributed by atoms with van der Waals surface area (Å²) in [6, 6.07) is 12.9. The minimum atomic E-state index is -3.64. The number of halogens is 1. The summed E-state index contributed by atoms with van der Waals surface area (Å²) in [6.07, 6.45) is 1.07. The smallest absolute Gasteiger partial charge is 0.240 e. The maximum Gasteiger partial charge on any atom is 0.240 e. The zero-order chi connectivity index (χ0) is 20.9. The Morgan fingerprint density at radius 2 is 1.82 bits per heavy atom. The maximum atomic E-state index is 13.5. The number of aryl methyl sites for hydroxylation is 1. The number of amides is 1. The predicted molar refractivity (Wildman–Crippen MR) is 109 cm³/mol. The molecule has 0 aliphatic carbocycles. The molecule has 2 rings (SSSR count). The first-order chi connectivity index (χ1) is 13.1. The second-order valence-electron chi connectivity index (χ2n) is 6.89. The van der Waals surface area contributed by atoms with Gasteiger partial charge < -0.3 is 10.2 Å². The van der Waals surface area contributed by atoms with Gasteiger partial charge in [0.25, 0.3) is 0 Å². The summed E-state index contributed by atoms with van der Waals surface area (Å²) in [4.78, 5) is 14.4. The summed E-state index contributed by atoms with van der Waals surface area (Å²) in [5.74, 6) is -0.782. The molecule has 0 radical (unpaired) electrons. The highest BCUT2D eigenvalue weighted by Gasteiger charge is 2.23. The molecular formula is C20H26FN3O3S. The first-order valence-corrected chi connectivity index (χ1v) is 10.7. The van der Waals surface area contributed by atoms with Crippen molar-refractivity contribution in [2.45, 2.75) is 13.0 Å². The number of para-hydroxylation sites is 1. The lowest BCUT2D eigenvalue weighted by molar-refractivity contribution is -0.119. The Bertz CT molecular complexity index is 932. The van der Waals surface area contributed by atoms with Gasteiger partial charge in [-0.05, 0) is 50.3 Å². The molecule has 0 fully saturated rings. The number of nitrogens with zero attached hydrogens (tertiary/aromatic N) is 2. The van der Waals surface area contributed by atoms with Crippen molar-refractivity contribution >= 4 is 21.6 Å². The topological polar surface area (TPSA) is 69.7 Å². The van der Waals surface area contributed by atoms with Crippen molar-refractivity contribution in [3.05, 3.63) is 65.5 Å². The number of nitrogens with one attached hydrogen (secondary N) is 1. The zero-order valence-corrected chi connectivity index (χ0v) is 17.3. The lowest BCUT2D eigenvalue weighted by atomic mass is 10.1. The minimum absolute atomic E-state index is 0.223. The van der Waals surface area contributed by atoms with Crippen molar-refractivity contribution in [1.29, 1.82) is 0 Å². The molecule has 2 aromatic rings. The molecule has 2 aromatic carbocycles. The van der Waals surface area contributed by atoms with E-state index in [1.165, 1.54) is 12.1 Å². The van der Waals surface area contributed by atoms with Gasteiger partial charge in [0.2, 0.25) is 15.9 Å². The van der Waals surface area contributed by atoms with E-state index in [4.69, 9.17) is 0 Å². The summed E-state index contributed by atoms with van der Waals surface area (Å²) in [6.45, 7) is 1.69. The summed E-state index contributed by atoms with van der Waals surface area (Å²) >= 11 is 0. The SMILES string of the molecule is Cc1ccccc1N(CC(=O)NCC(c1cccc(F)c1)N(C)C)S(C)(=O)=O. The molecule has 1 amide bonds. The molecule has 0 saturated carbocycles. The average Bonchev–Trinajstić information content (AvgIpc) is 2.59. The number of rotatable bonds is 8. The van der Waals surface area contributed by atoms with Crippen LogP contribution in [0.2, 0.25) is 0 Å². The first-order valence-electron chi connectivity index (χ1n) is 8.81. The van der Waals surface area contributed by atoms with Crippen LogP contribution in [-0.2, 0) is 14.8 Å². The van der Waals surface area contributed by atoms with Crippen LogP contribution in [0.3, 0.4) is 0 Å². The highest BCUT2D eigenvalue weighted by atomic mass is 32.2. The van der Waals surface area contributed by atoms with Crippen molar-refractivity contribution in [2.75, 3.05) is 37.7 Å². The normalized spacial score (nSPS) is 12.6. The van der Waals surface area contributed by atoms with Crippen LogP contribution in [0.1, 0.15) is 17.2 Å². The van der Waals surface area contributed by atoms with Crippen LogP contribution in [0.15, 0.2) is 48.5 Å². The third kappa shape index (κ3) is 5.77. The molecule has 0 spiro atoms. The molecule has 1 atom stereocenters. The molecule has 0 aliphatic heterocycles. The van der Waals surface area contributed by atoms with Gasteiger partial charge in [-0.2, -0.15) is 0 Å². The van der Waals surface area contributed by atoms with E-state index >= 15 is 0 Å². The Kier molecular flexibility index (Phi) is 7.15. The lowest BCUT2D eigenvalue weighted by Gasteiger charge is -2.27. The van der Waals surface area contributed by atoms with Gasteiger partial charge in [-0.1, -0.05) is 30.3 Å². The Labute approximate surface area is 166 Å². The van der Waals surface area contributed by atoms with Crippen LogP contribution in [-0.4, -0.2) is 52.7 Å². The lowest BCUT2D eigenvalue weighted by Crippen LogP contribution is -2.43. The van der Waals surface area contributed by atoms with E-state index in [-0.39, 0.29) is 24.9 Å². The van der Waals surface area contributed by atoms with Gasteiger partial charge in [0.15, 0.2) is 0 Å². The van der Waals surface area contributed by atoms with E-state index < -0.39 is 15.9 Å². The number of benzene rings is 2. The van der Waals surface area contributed by atoms with Gasteiger partial charge in [0.1, 0.15) is 12.4 Å². The van der Waals surface area contributed by atoms with Crippen LogP contribution in [0, 0.1) is 12.7 Å². The average molecular weight is 408 g/mol. The number of carbonyl (C=O) groups excluding carboxylic acids is 1. The fourth-order valence-corrected chi connectivity index (χ4v) is 3.85. The Morgan fingerprint density at radius 1 is 1.14 bits per heavy atom. The van der Waals surface area contributed by atoms with Gasteiger partial charge in [0, 0.05) is 6.54 Å². The van der Waals surface area contributed by atoms with Gasteiger partial charge in [-0.3, -0.25) is 9.10 Å². The van der Waals surface area contributed by atoms with Gasteiger partial charge >= 0.3 is 0 Å². The van der Waals surface area contributed by atoms with Crippen molar-refractivity contribution in [3.63, 3.8) is 0 Å². The molecule has 0 aromatic heterocycles. The third-order valence-electron chi connectivity index (χ3n) is 4.42. The zero-order valence-electron chi connectivity index (χ0n) is 16.5.